The predicted octanol–water partition coefficient (Wildman–Crippen LogP) is 1.09. The van der Waals surface area contributed by atoms with E-state index in [0.717, 1.165) is 6.42 Å². The summed E-state index contributed by atoms with van der Waals surface area (Å²) in [7, 11) is 0. The Hall–Kier alpha value is 1.21. The minimum atomic E-state index is -0.960. The average Bonchev–Trinajstić information content (AvgIpc) is 2.47. The molecule has 0 aromatic rings. The molecular weight excluding hydrogens is 470 g/mol. The van der Waals surface area contributed by atoms with Crippen LogP contribution in [0, 0.1) is 0 Å². The number of carbonyl (C=O) groups is 2. The molecule has 2 radical (unpaired) electrons. The molecule has 0 aromatic heterocycles. The van der Waals surface area contributed by atoms with Gasteiger partial charge in [-0.1, -0.05) is 0 Å². The third-order valence-electron chi connectivity index (χ3n) is 2.17. The third-order valence-corrected chi connectivity index (χ3v) is 2.17. The van der Waals surface area contributed by atoms with E-state index in [-0.39, 0.29) is 78.6 Å². The summed E-state index contributed by atoms with van der Waals surface area (Å²) in [4.78, 5) is 23.7. The van der Waals surface area contributed by atoms with E-state index in [1.165, 1.54) is 4.90 Å². The van der Waals surface area contributed by atoms with Crippen molar-refractivity contribution in [2.45, 2.75) is 45.3 Å². The number of ether oxygens (including phenoxy) is 1. The topological polar surface area (TPSA) is 66.8 Å². The number of hydrogen-bond donors (Lipinski definition) is 1. The SMILES string of the molecule is CC(C)(C)OC(=O)N1CCCC1C(=O)O.[Rb].[Re]. The van der Waals surface area contributed by atoms with Gasteiger partial charge in [-0.3, -0.25) is 4.90 Å². The Bertz CT molecular complexity index is 280. The maximum absolute atomic E-state index is 11.6. The van der Waals surface area contributed by atoms with Gasteiger partial charge in [0.2, 0.25) is 0 Å². The fourth-order valence-corrected chi connectivity index (χ4v) is 1.56. The summed E-state index contributed by atoms with van der Waals surface area (Å²) in [6, 6.07) is -0.722. The minimum Gasteiger partial charge on any atom is -0.480 e. The molecule has 5 nitrogen and oxygen atoms in total. The monoisotopic (exact) mass is 487 g/mol. The zero-order chi connectivity index (χ0) is 11.6. The van der Waals surface area contributed by atoms with Gasteiger partial charge in [-0.25, -0.2) is 9.59 Å². The van der Waals surface area contributed by atoms with Gasteiger partial charge in [0.05, 0.1) is 0 Å². The predicted molar refractivity (Wildman–Crippen MR) is 59.4 cm³/mol. The minimum absolute atomic E-state index is 0. The molecule has 1 saturated heterocycles. The summed E-state index contributed by atoms with van der Waals surface area (Å²) in [6.45, 7) is 5.75. The molecule has 1 amide bonds. The van der Waals surface area contributed by atoms with E-state index < -0.39 is 23.7 Å². The number of rotatable bonds is 1. The first-order chi connectivity index (χ1) is 6.81. The smallest absolute Gasteiger partial charge is 0.411 e. The van der Waals surface area contributed by atoms with Crippen LogP contribution in [-0.2, 0) is 30.0 Å². The quantitative estimate of drug-likeness (QED) is 0.602. The van der Waals surface area contributed by atoms with Crippen LogP contribution < -0.4 is 0 Å². The Balaban J connectivity index is 0. The van der Waals surface area contributed by atoms with Crippen molar-refractivity contribution in [1.29, 1.82) is 0 Å². The van der Waals surface area contributed by atoms with E-state index in [0.29, 0.717) is 13.0 Å². The zero-order valence-corrected chi connectivity index (χ0v) is 18.3. The standard InChI is InChI=1S/C10H17NO4.Rb.Re/c1-10(2,3)15-9(14)11-6-4-5-7(11)8(12)13;;/h7H,4-6H2,1-3H3,(H,12,13);;. The Morgan fingerprint density at radius 1 is 1.35 bits per heavy atom. The van der Waals surface area contributed by atoms with Gasteiger partial charge in [0.1, 0.15) is 11.6 Å². The van der Waals surface area contributed by atoms with Crippen LogP contribution in [0.15, 0.2) is 0 Å². The molecule has 0 aliphatic carbocycles. The zero-order valence-electron chi connectivity index (χ0n) is 10.7. The van der Waals surface area contributed by atoms with Gasteiger partial charge < -0.3 is 9.84 Å². The molecule has 1 heterocycles. The number of likely N-dealkylation sites (tertiary alicyclic amines) is 1. The summed E-state index contributed by atoms with van der Waals surface area (Å²) in [5.41, 5.74) is -0.581. The second-order valence-electron chi connectivity index (χ2n) is 4.67. The Labute approximate surface area is 164 Å². The van der Waals surface area contributed by atoms with Crippen LogP contribution >= 0.6 is 0 Å². The Morgan fingerprint density at radius 2 is 1.88 bits per heavy atom. The molecule has 1 aliphatic heterocycles. The molecule has 0 spiro atoms. The summed E-state index contributed by atoms with van der Waals surface area (Å²) < 4.78 is 5.13. The van der Waals surface area contributed by atoms with Crippen LogP contribution in [0.3, 0.4) is 0 Å². The van der Waals surface area contributed by atoms with Crippen LogP contribution in [0.1, 0.15) is 33.6 Å². The van der Waals surface area contributed by atoms with Crippen molar-refractivity contribution >= 4 is 70.3 Å². The van der Waals surface area contributed by atoms with E-state index in [4.69, 9.17) is 9.84 Å². The first-order valence-corrected chi connectivity index (χ1v) is 5.04. The van der Waals surface area contributed by atoms with E-state index in [2.05, 4.69) is 0 Å². The molecule has 1 aliphatic rings. The summed E-state index contributed by atoms with van der Waals surface area (Å²) in [5.74, 6) is -0.960. The third kappa shape index (κ3) is 6.79. The van der Waals surface area contributed by atoms with Crippen molar-refractivity contribution in [3.8, 4) is 0 Å². The van der Waals surface area contributed by atoms with Gasteiger partial charge in [0.25, 0.3) is 0 Å². The number of carboxylic acids is 1. The molecule has 1 atom stereocenters. The summed E-state index contributed by atoms with van der Waals surface area (Å²) in [6.07, 6.45) is 0.692. The molecule has 1 rings (SSSR count). The van der Waals surface area contributed by atoms with Gasteiger partial charge in [-0.05, 0) is 33.6 Å². The van der Waals surface area contributed by atoms with Crippen molar-refractivity contribution in [3.63, 3.8) is 0 Å². The van der Waals surface area contributed by atoms with E-state index >= 15 is 0 Å². The fourth-order valence-electron chi connectivity index (χ4n) is 1.56. The molecule has 7 heteroatoms. The average molecular weight is 487 g/mol. The Kier molecular flexibility index (Phi) is 10.1. The number of aliphatic carboxylic acids is 1. The van der Waals surface area contributed by atoms with Gasteiger partial charge in [0, 0.05) is 85.2 Å². The fraction of sp³-hybridized carbons (Fsp3) is 0.800. The maximum atomic E-state index is 11.6. The number of carboxylic acid groups (broad SMARTS) is 1. The molecular formula is C10H17NO4RbRe. The molecule has 0 aromatic carbocycles. The first-order valence-electron chi connectivity index (χ1n) is 5.04. The van der Waals surface area contributed by atoms with Gasteiger partial charge in [-0.15, -0.1) is 0 Å². The van der Waals surface area contributed by atoms with Crippen molar-refractivity contribution < 1.29 is 39.9 Å². The van der Waals surface area contributed by atoms with Gasteiger partial charge >= 0.3 is 12.1 Å². The molecule has 0 bridgehead atoms. The molecule has 94 valence electrons. The number of hydrogen-bond acceptors (Lipinski definition) is 3. The molecule has 17 heavy (non-hydrogen) atoms. The maximum Gasteiger partial charge on any atom is 0.411 e. The van der Waals surface area contributed by atoms with Gasteiger partial charge in [0.15, 0.2) is 0 Å². The molecule has 1 unspecified atom stereocenters. The van der Waals surface area contributed by atoms with Crippen LogP contribution in [-0.4, -0.2) is 98.4 Å². The van der Waals surface area contributed by atoms with Crippen molar-refractivity contribution in [1.82, 2.24) is 4.90 Å². The van der Waals surface area contributed by atoms with Crippen LogP contribution in [0.25, 0.3) is 0 Å². The number of amides is 1. The van der Waals surface area contributed by atoms with Crippen molar-refractivity contribution in [2.24, 2.45) is 0 Å². The Morgan fingerprint density at radius 3 is 2.29 bits per heavy atom. The normalized spacial score (nSPS) is 19.0. The van der Waals surface area contributed by atoms with E-state index in [1.54, 1.807) is 20.8 Å². The van der Waals surface area contributed by atoms with Crippen LogP contribution in [0.4, 0.5) is 4.79 Å². The first kappa shape index (κ1) is 20.5. The summed E-state index contributed by atoms with van der Waals surface area (Å²) >= 11 is 0. The second-order valence-corrected chi connectivity index (χ2v) is 4.67. The van der Waals surface area contributed by atoms with Crippen LogP contribution in [0.5, 0.6) is 0 Å². The number of carbonyl (C=O) groups excluding carboxylic acids is 1. The van der Waals surface area contributed by atoms with Crippen molar-refractivity contribution in [3.05, 3.63) is 0 Å². The summed E-state index contributed by atoms with van der Waals surface area (Å²) in [5, 5.41) is 8.88. The largest absolute Gasteiger partial charge is 0.480 e. The molecule has 0 saturated carbocycles. The van der Waals surface area contributed by atoms with E-state index in [9.17, 15) is 9.59 Å². The van der Waals surface area contributed by atoms with Gasteiger partial charge in [-0.2, -0.15) is 0 Å². The van der Waals surface area contributed by atoms with Crippen molar-refractivity contribution in [2.75, 3.05) is 6.54 Å². The molecule has 1 fully saturated rings. The van der Waals surface area contributed by atoms with Crippen LogP contribution in [0.2, 0.25) is 0 Å². The second kappa shape index (κ2) is 8.39. The van der Waals surface area contributed by atoms with E-state index in [1.807, 2.05) is 0 Å². The molecule has 1 N–H and O–H groups in total. The number of nitrogens with zero attached hydrogens (tertiary/aromatic N) is 1.